The Kier molecular flexibility index (Phi) is 10.0. The summed E-state index contributed by atoms with van der Waals surface area (Å²) in [7, 11) is 0. The molecular formula is C64H54N2. The van der Waals surface area contributed by atoms with Crippen LogP contribution in [0, 0.1) is 0 Å². The van der Waals surface area contributed by atoms with E-state index in [2.05, 4.69) is 269 Å². The van der Waals surface area contributed by atoms with E-state index < -0.39 is 0 Å². The highest BCUT2D eigenvalue weighted by atomic mass is 15.1. The van der Waals surface area contributed by atoms with Crippen molar-refractivity contribution in [3.63, 3.8) is 0 Å². The molecule has 2 heteroatoms. The predicted molar refractivity (Wildman–Crippen MR) is 284 cm³/mol. The number of rotatable bonds is 7. The van der Waals surface area contributed by atoms with Crippen LogP contribution in [-0.4, -0.2) is 4.57 Å². The first-order valence-corrected chi connectivity index (χ1v) is 23.3. The highest BCUT2D eigenvalue weighted by molar-refractivity contribution is 6.22. The fourth-order valence-corrected chi connectivity index (χ4v) is 10.0. The van der Waals surface area contributed by atoms with Crippen LogP contribution in [0.5, 0.6) is 0 Å². The topological polar surface area (TPSA) is 8.17 Å². The van der Waals surface area contributed by atoms with Crippen molar-refractivity contribution in [1.82, 2.24) is 4.57 Å². The Morgan fingerprint density at radius 1 is 0.303 bits per heavy atom. The van der Waals surface area contributed by atoms with Crippen molar-refractivity contribution >= 4 is 60.4 Å². The first kappa shape index (κ1) is 41.1. The lowest BCUT2D eigenvalue weighted by molar-refractivity contribution is 0.590. The number of hydrogen-bond donors (Lipinski definition) is 0. The molecule has 11 aromatic rings. The molecule has 0 bridgehead atoms. The second-order valence-electron chi connectivity index (χ2n) is 19.8. The first-order valence-electron chi connectivity index (χ1n) is 23.3. The Morgan fingerprint density at radius 3 is 1.21 bits per heavy atom. The van der Waals surface area contributed by atoms with Crippen molar-refractivity contribution in [3.05, 3.63) is 230 Å². The minimum absolute atomic E-state index is 0.0499. The minimum atomic E-state index is 0.0499. The van der Waals surface area contributed by atoms with Crippen LogP contribution in [0.3, 0.4) is 0 Å². The van der Waals surface area contributed by atoms with E-state index in [4.69, 9.17) is 0 Å². The predicted octanol–water partition coefficient (Wildman–Crippen LogP) is 18.2. The van der Waals surface area contributed by atoms with Crippen molar-refractivity contribution in [3.8, 4) is 39.1 Å². The van der Waals surface area contributed by atoms with E-state index in [1.165, 1.54) is 87.9 Å². The molecule has 0 N–H and O–H groups in total. The standard InChI is InChI=1S/C64H54N2/c1-63(2,3)47-29-38-59-56(41-47)57-42-48(64(4,5)6)30-39-60(57)66(59)52-35-33-51(34-36-52)65(49-22-14-9-15-23-49)50-31-26-43(27-32-50)46-28-37-55-58(40-46)62(45-20-12-8-13-21-45)54-25-17-16-24-53(54)61(55)44-18-10-7-11-19-44/h7-42H,1-6H3. The van der Waals surface area contributed by atoms with Crippen LogP contribution >= 0.6 is 0 Å². The minimum Gasteiger partial charge on any atom is -0.311 e. The van der Waals surface area contributed by atoms with Crippen LogP contribution in [0.4, 0.5) is 17.1 Å². The molecule has 66 heavy (non-hydrogen) atoms. The fourth-order valence-electron chi connectivity index (χ4n) is 10.0. The maximum Gasteiger partial charge on any atom is 0.0541 e. The molecule has 0 aliphatic heterocycles. The Labute approximate surface area is 389 Å². The quantitative estimate of drug-likeness (QED) is 0.145. The molecule has 0 aliphatic carbocycles. The number of aromatic nitrogens is 1. The second kappa shape index (κ2) is 16.1. The van der Waals surface area contributed by atoms with E-state index in [0.29, 0.717) is 0 Å². The van der Waals surface area contributed by atoms with E-state index >= 15 is 0 Å². The van der Waals surface area contributed by atoms with Gasteiger partial charge in [-0.1, -0.05) is 181 Å². The highest BCUT2D eigenvalue weighted by Crippen LogP contribution is 2.46. The SMILES string of the molecule is CC(C)(C)c1ccc2c(c1)c1cc(C(C)(C)C)ccc1n2-c1ccc(N(c2ccccc2)c2ccc(-c3ccc4c(-c5ccccc5)c5ccccc5c(-c5ccccc5)c4c3)cc2)cc1. The Bertz CT molecular complexity index is 3480. The molecule has 0 amide bonds. The van der Waals surface area contributed by atoms with Crippen LogP contribution in [0.2, 0.25) is 0 Å². The lowest BCUT2D eigenvalue weighted by Gasteiger charge is -2.26. The number of para-hydroxylation sites is 1. The smallest absolute Gasteiger partial charge is 0.0541 e. The average Bonchev–Trinajstić information content (AvgIpc) is 3.67. The molecule has 10 aromatic carbocycles. The summed E-state index contributed by atoms with van der Waals surface area (Å²) in [6, 6.07) is 80.6. The molecule has 2 nitrogen and oxygen atoms in total. The van der Waals surface area contributed by atoms with Gasteiger partial charge in [0.2, 0.25) is 0 Å². The van der Waals surface area contributed by atoms with E-state index in [1.54, 1.807) is 0 Å². The van der Waals surface area contributed by atoms with Gasteiger partial charge in [0.15, 0.2) is 0 Å². The molecule has 0 aliphatic rings. The zero-order valence-corrected chi connectivity index (χ0v) is 38.7. The summed E-state index contributed by atoms with van der Waals surface area (Å²) in [5.74, 6) is 0. The van der Waals surface area contributed by atoms with Gasteiger partial charge in [0.05, 0.1) is 11.0 Å². The molecule has 0 atom stereocenters. The number of hydrogen-bond acceptors (Lipinski definition) is 1. The Hall–Kier alpha value is -7.68. The third-order valence-electron chi connectivity index (χ3n) is 13.5. The summed E-state index contributed by atoms with van der Waals surface area (Å²) in [6.45, 7) is 13.8. The summed E-state index contributed by atoms with van der Waals surface area (Å²) in [4.78, 5) is 2.36. The van der Waals surface area contributed by atoms with Crippen LogP contribution < -0.4 is 4.90 Å². The normalized spacial score (nSPS) is 12.1. The molecular weight excluding hydrogens is 797 g/mol. The van der Waals surface area contributed by atoms with Gasteiger partial charge in [0, 0.05) is 33.5 Å². The molecule has 1 heterocycles. The average molecular weight is 851 g/mol. The summed E-state index contributed by atoms with van der Waals surface area (Å²) < 4.78 is 2.44. The van der Waals surface area contributed by atoms with Crippen LogP contribution in [-0.2, 0) is 10.8 Å². The van der Waals surface area contributed by atoms with Gasteiger partial charge in [-0.05, 0) is 156 Å². The van der Waals surface area contributed by atoms with Gasteiger partial charge in [-0.3, -0.25) is 0 Å². The highest BCUT2D eigenvalue weighted by Gasteiger charge is 2.22. The van der Waals surface area contributed by atoms with E-state index in [-0.39, 0.29) is 10.8 Å². The van der Waals surface area contributed by atoms with E-state index in [0.717, 1.165) is 22.7 Å². The maximum absolute atomic E-state index is 2.44. The summed E-state index contributed by atoms with van der Waals surface area (Å²) in [5.41, 5.74) is 17.0. The molecule has 0 saturated carbocycles. The molecule has 11 rings (SSSR count). The van der Waals surface area contributed by atoms with Crippen LogP contribution in [0.1, 0.15) is 52.7 Å². The Balaban J connectivity index is 1.01. The number of nitrogens with zero attached hydrogens (tertiary/aromatic N) is 2. The van der Waals surface area contributed by atoms with Crippen LogP contribution in [0.25, 0.3) is 82.4 Å². The number of benzene rings is 10. The fraction of sp³-hybridized carbons (Fsp3) is 0.125. The summed E-state index contributed by atoms with van der Waals surface area (Å²) >= 11 is 0. The molecule has 0 radical (unpaired) electrons. The van der Waals surface area contributed by atoms with Gasteiger partial charge >= 0.3 is 0 Å². The summed E-state index contributed by atoms with van der Waals surface area (Å²) in [6.07, 6.45) is 0. The monoisotopic (exact) mass is 850 g/mol. The van der Waals surface area contributed by atoms with Gasteiger partial charge in [-0.25, -0.2) is 0 Å². The second-order valence-corrected chi connectivity index (χ2v) is 19.8. The molecule has 1 aromatic heterocycles. The van der Waals surface area contributed by atoms with Crippen molar-refractivity contribution in [1.29, 1.82) is 0 Å². The van der Waals surface area contributed by atoms with Crippen molar-refractivity contribution in [2.75, 3.05) is 4.90 Å². The molecule has 0 unspecified atom stereocenters. The number of anilines is 3. The lowest BCUT2D eigenvalue weighted by Crippen LogP contribution is -2.10. The van der Waals surface area contributed by atoms with E-state index in [9.17, 15) is 0 Å². The van der Waals surface area contributed by atoms with Crippen molar-refractivity contribution < 1.29 is 0 Å². The molecule has 320 valence electrons. The first-order chi connectivity index (χ1) is 32.0. The van der Waals surface area contributed by atoms with Gasteiger partial charge < -0.3 is 9.47 Å². The number of fused-ring (bicyclic) bond motifs is 5. The van der Waals surface area contributed by atoms with Crippen LogP contribution in [0.15, 0.2) is 218 Å². The third-order valence-corrected chi connectivity index (χ3v) is 13.5. The molecule has 0 fully saturated rings. The van der Waals surface area contributed by atoms with Gasteiger partial charge in [-0.15, -0.1) is 0 Å². The summed E-state index contributed by atoms with van der Waals surface area (Å²) in [5, 5.41) is 7.62. The Morgan fingerprint density at radius 2 is 0.712 bits per heavy atom. The van der Waals surface area contributed by atoms with Crippen molar-refractivity contribution in [2.24, 2.45) is 0 Å². The largest absolute Gasteiger partial charge is 0.311 e. The van der Waals surface area contributed by atoms with Crippen molar-refractivity contribution in [2.45, 2.75) is 52.4 Å². The van der Waals surface area contributed by atoms with Gasteiger partial charge in [0.1, 0.15) is 0 Å². The zero-order valence-electron chi connectivity index (χ0n) is 38.7. The van der Waals surface area contributed by atoms with E-state index in [1.807, 2.05) is 0 Å². The molecule has 0 saturated heterocycles. The maximum atomic E-state index is 2.44. The molecule has 0 spiro atoms. The lowest BCUT2D eigenvalue weighted by atomic mass is 9.85. The zero-order chi connectivity index (χ0) is 45.2. The van der Waals surface area contributed by atoms with Gasteiger partial charge in [-0.2, -0.15) is 0 Å². The van der Waals surface area contributed by atoms with Gasteiger partial charge in [0.25, 0.3) is 0 Å². The third kappa shape index (κ3) is 7.24.